The first kappa shape index (κ1) is 14.0. The molecule has 0 unspecified atom stereocenters. The monoisotopic (exact) mass is 292 g/mol. The fraction of sp³-hybridized carbons (Fsp3) is 0.438. The number of fused-ring (bicyclic) bond motifs is 1. The lowest BCUT2D eigenvalue weighted by Crippen LogP contribution is -2.55. The zero-order valence-electron chi connectivity index (χ0n) is 12.0. The summed E-state index contributed by atoms with van der Waals surface area (Å²) in [6.07, 6.45) is 2.49. The van der Waals surface area contributed by atoms with Crippen LogP contribution >= 0.6 is 0 Å². The van der Waals surface area contributed by atoms with Crippen LogP contribution in [0.5, 0.6) is 0 Å². The Morgan fingerprint density at radius 2 is 1.76 bits per heavy atom. The smallest absolute Gasteiger partial charge is 0.229 e. The van der Waals surface area contributed by atoms with Crippen molar-refractivity contribution in [1.29, 1.82) is 0 Å². The molecule has 3 nitrogen and oxygen atoms in total. The number of rotatable bonds is 1. The highest BCUT2D eigenvalue weighted by Gasteiger charge is 2.51. The van der Waals surface area contributed by atoms with Gasteiger partial charge in [0.1, 0.15) is 11.6 Å². The number of piperidine rings is 1. The minimum absolute atomic E-state index is 0.0274. The Labute approximate surface area is 121 Å². The van der Waals surface area contributed by atoms with Gasteiger partial charge in [-0.1, -0.05) is 19.9 Å². The predicted molar refractivity (Wildman–Crippen MR) is 70.8 cm³/mol. The van der Waals surface area contributed by atoms with Crippen LogP contribution in [-0.4, -0.2) is 17.4 Å². The molecule has 0 bridgehead atoms. The van der Waals surface area contributed by atoms with Gasteiger partial charge in [0.15, 0.2) is 0 Å². The Morgan fingerprint density at radius 1 is 1.14 bits per heavy atom. The van der Waals surface area contributed by atoms with Gasteiger partial charge in [0.25, 0.3) is 0 Å². The molecule has 1 atom stereocenters. The summed E-state index contributed by atoms with van der Waals surface area (Å²) in [5.74, 6) is -1.75. The third-order valence-corrected chi connectivity index (χ3v) is 4.51. The number of carbonyl (C=O) groups is 1. The number of halogens is 2. The molecule has 0 aromatic heterocycles. The summed E-state index contributed by atoms with van der Waals surface area (Å²) in [4.78, 5) is 14.1. The lowest BCUT2D eigenvalue weighted by molar-refractivity contribution is -0.304. The zero-order valence-corrected chi connectivity index (χ0v) is 12.0. The first-order valence-electron chi connectivity index (χ1n) is 6.92. The van der Waals surface area contributed by atoms with Crippen LogP contribution < -0.4 is 5.11 Å². The van der Waals surface area contributed by atoms with Gasteiger partial charge in [0.2, 0.25) is 5.91 Å². The van der Waals surface area contributed by atoms with Crippen LogP contribution in [0.1, 0.15) is 32.3 Å². The Morgan fingerprint density at radius 3 is 2.38 bits per heavy atom. The number of nitrogens with zero attached hydrogens (tertiary/aromatic N) is 1. The number of amides is 1. The Kier molecular flexibility index (Phi) is 2.87. The van der Waals surface area contributed by atoms with E-state index >= 15 is 0 Å². The summed E-state index contributed by atoms with van der Waals surface area (Å²) in [7, 11) is 0. The van der Waals surface area contributed by atoms with E-state index in [4.69, 9.17) is 0 Å². The number of carbonyl (C=O) groups excluding carboxylic acids is 1. The summed E-state index contributed by atoms with van der Waals surface area (Å²) in [5, 5.41) is 11.9. The highest BCUT2D eigenvalue weighted by molar-refractivity contribution is 5.85. The van der Waals surface area contributed by atoms with Crippen molar-refractivity contribution in [2.45, 2.75) is 32.2 Å². The normalized spacial score (nSPS) is 27.5. The van der Waals surface area contributed by atoms with E-state index in [9.17, 15) is 18.7 Å². The van der Waals surface area contributed by atoms with Gasteiger partial charge in [-0.15, -0.1) is 5.76 Å². The minimum Gasteiger partial charge on any atom is -0.874 e. The van der Waals surface area contributed by atoms with Crippen LogP contribution in [-0.2, 0) is 10.3 Å². The topological polar surface area (TPSA) is 43.4 Å². The third kappa shape index (κ3) is 2.03. The van der Waals surface area contributed by atoms with Gasteiger partial charge in [0.05, 0.1) is 5.54 Å². The van der Waals surface area contributed by atoms with Gasteiger partial charge < -0.3 is 10.0 Å². The van der Waals surface area contributed by atoms with E-state index in [1.807, 2.05) is 13.8 Å². The van der Waals surface area contributed by atoms with E-state index in [0.717, 1.165) is 6.07 Å². The van der Waals surface area contributed by atoms with Gasteiger partial charge >= 0.3 is 0 Å². The molecule has 2 aliphatic rings. The van der Waals surface area contributed by atoms with E-state index in [2.05, 4.69) is 0 Å². The first-order valence-corrected chi connectivity index (χ1v) is 6.92. The van der Waals surface area contributed by atoms with Gasteiger partial charge in [-0.25, -0.2) is 8.78 Å². The zero-order chi connectivity index (χ0) is 15.4. The molecule has 0 aliphatic carbocycles. The second-order valence-electron chi connectivity index (χ2n) is 6.47. The van der Waals surface area contributed by atoms with Gasteiger partial charge in [-0.2, -0.15) is 0 Å². The predicted octanol–water partition coefficient (Wildman–Crippen LogP) is 2.07. The SMILES string of the molecule is CC1(C)CC[C@]2(c3cc(F)cc(F)c3)C=C([O-])CN2C1=O. The maximum atomic E-state index is 13.5. The molecular weight excluding hydrogens is 276 g/mol. The van der Waals surface area contributed by atoms with Gasteiger partial charge in [-0.05, 0) is 30.5 Å². The largest absolute Gasteiger partial charge is 0.874 e. The van der Waals surface area contributed by atoms with E-state index < -0.39 is 22.6 Å². The van der Waals surface area contributed by atoms with Crippen LogP contribution in [0.25, 0.3) is 0 Å². The number of hydrogen-bond donors (Lipinski definition) is 0. The molecule has 0 saturated carbocycles. The van der Waals surface area contributed by atoms with E-state index in [0.29, 0.717) is 18.4 Å². The Hall–Kier alpha value is -1.91. The van der Waals surface area contributed by atoms with E-state index in [1.165, 1.54) is 23.1 Å². The van der Waals surface area contributed by atoms with Crippen LogP contribution in [0.4, 0.5) is 8.78 Å². The highest BCUT2D eigenvalue weighted by Crippen LogP contribution is 2.48. The van der Waals surface area contributed by atoms with Crippen LogP contribution in [0.2, 0.25) is 0 Å². The lowest BCUT2D eigenvalue weighted by atomic mass is 9.72. The van der Waals surface area contributed by atoms with Crippen molar-refractivity contribution in [3.05, 3.63) is 47.2 Å². The minimum atomic E-state index is -1.01. The van der Waals surface area contributed by atoms with Crippen LogP contribution in [0, 0.1) is 17.0 Å². The molecule has 1 amide bonds. The van der Waals surface area contributed by atoms with Crippen molar-refractivity contribution in [3.63, 3.8) is 0 Å². The summed E-state index contributed by atoms with van der Waals surface area (Å²) < 4.78 is 27.1. The highest BCUT2D eigenvalue weighted by atomic mass is 19.1. The second kappa shape index (κ2) is 4.29. The number of hydrogen-bond acceptors (Lipinski definition) is 2. The van der Waals surface area contributed by atoms with Crippen LogP contribution in [0.15, 0.2) is 30.0 Å². The number of benzene rings is 1. The maximum absolute atomic E-state index is 13.5. The molecule has 0 N–H and O–H groups in total. The molecule has 21 heavy (non-hydrogen) atoms. The van der Waals surface area contributed by atoms with Crippen LogP contribution in [0.3, 0.4) is 0 Å². The van der Waals surface area contributed by atoms with Crippen molar-refractivity contribution in [3.8, 4) is 0 Å². The van der Waals surface area contributed by atoms with Crippen molar-refractivity contribution in [1.82, 2.24) is 4.90 Å². The maximum Gasteiger partial charge on any atom is 0.229 e. The fourth-order valence-corrected chi connectivity index (χ4v) is 3.31. The average Bonchev–Trinajstić information content (AvgIpc) is 2.72. The standard InChI is InChI=1S/C16H17F2NO2/c1-15(2)3-4-16(8-13(20)9-19(16)14(15)21)10-5-11(17)7-12(18)6-10/h5-8,20H,3-4,9H2,1-2H3/p-1/t16-/m1/s1. The van der Waals surface area contributed by atoms with Crippen molar-refractivity contribution >= 4 is 5.91 Å². The van der Waals surface area contributed by atoms with Crippen molar-refractivity contribution in [2.24, 2.45) is 5.41 Å². The summed E-state index contributed by atoms with van der Waals surface area (Å²) >= 11 is 0. The molecule has 0 radical (unpaired) electrons. The molecule has 1 aromatic rings. The third-order valence-electron chi connectivity index (χ3n) is 4.51. The molecule has 0 spiro atoms. The summed E-state index contributed by atoms with van der Waals surface area (Å²) in [6.45, 7) is 3.63. The van der Waals surface area contributed by atoms with Crippen molar-refractivity contribution in [2.75, 3.05) is 6.54 Å². The quantitative estimate of drug-likeness (QED) is 0.795. The molecule has 1 saturated heterocycles. The molecular formula is C16H16F2NO2-. The molecule has 2 heterocycles. The molecule has 2 aliphatic heterocycles. The van der Waals surface area contributed by atoms with Gasteiger partial charge in [-0.3, -0.25) is 4.79 Å². The second-order valence-corrected chi connectivity index (χ2v) is 6.47. The Balaban J connectivity index is 2.15. The molecule has 1 fully saturated rings. The van der Waals surface area contributed by atoms with E-state index in [1.54, 1.807) is 0 Å². The summed E-state index contributed by atoms with van der Waals surface area (Å²) in [6, 6.07) is 3.20. The Bertz CT molecular complexity index is 633. The first-order chi connectivity index (χ1) is 9.74. The lowest BCUT2D eigenvalue weighted by Gasteiger charge is -2.48. The van der Waals surface area contributed by atoms with E-state index in [-0.39, 0.29) is 18.2 Å². The fourth-order valence-electron chi connectivity index (χ4n) is 3.31. The molecule has 1 aromatic carbocycles. The molecule has 5 heteroatoms. The van der Waals surface area contributed by atoms with Crippen molar-refractivity contribution < 1.29 is 18.7 Å². The average molecular weight is 292 g/mol. The molecule has 112 valence electrons. The molecule has 3 rings (SSSR count). The summed E-state index contributed by atoms with van der Waals surface area (Å²) in [5.41, 5.74) is -1.24. The van der Waals surface area contributed by atoms with Gasteiger partial charge in [0, 0.05) is 18.0 Å².